The number of carbonyl (C=O) groups is 2. The van der Waals surface area contributed by atoms with Crippen LogP contribution in [0.5, 0.6) is 0 Å². The van der Waals surface area contributed by atoms with E-state index in [1.165, 1.54) is 35.2 Å². The standard InChI is InChI=1S/C28H30Cl3N3O4S/c1-18(2)32-28(36)20(4)33(16-21-6-5-7-22(29)12-21)27(35)17-34(25-14-23(30)13-24(31)15-25)39(37,38)26-10-8-19(3)9-11-26/h5-15,18,20H,16-17H2,1-4H3,(H,32,36)/t20-/m1/s1. The van der Waals surface area contributed by atoms with Crippen LogP contribution in [0.3, 0.4) is 0 Å². The summed E-state index contributed by atoms with van der Waals surface area (Å²) < 4.78 is 28.7. The molecule has 0 saturated heterocycles. The molecule has 0 fully saturated rings. The number of sulfonamides is 1. The van der Waals surface area contributed by atoms with Crippen molar-refractivity contribution in [2.75, 3.05) is 10.8 Å². The molecule has 0 aliphatic carbocycles. The van der Waals surface area contributed by atoms with E-state index in [-0.39, 0.29) is 39.1 Å². The van der Waals surface area contributed by atoms with E-state index in [1.807, 2.05) is 20.8 Å². The summed E-state index contributed by atoms with van der Waals surface area (Å²) in [6.07, 6.45) is 0. The number of nitrogens with zero attached hydrogens (tertiary/aromatic N) is 2. The van der Waals surface area contributed by atoms with E-state index in [9.17, 15) is 18.0 Å². The Hall–Kier alpha value is -2.78. The molecule has 11 heteroatoms. The summed E-state index contributed by atoms with van der Waals surface area (Å²) in [7, 11) is -4.23. The summed E-state index contributed by atoms with van der Waals surface area (Å²) in [6.45, 7) is 6.48. The zero-order valence-corrected chi connectivity index (χ0v) is 25.1. The number of rotatable bonds is 10. The molecule has 0 radical (unpaired) electrons. The van der Waals surface area contributed by atoms with Gasteiger partial charge in [0.05, 0.1) is 10.6 Å². The molecule has 208 valence electrons. The first-order chi connectivity index (χ1) is 18.3. The summed E-state index contributed by atoms with van der Waals surface area (Å²) >= 11 is 18.6. The largest absolute Gasteiger partial charge is 0.352 e. The van der Waals surface area contributed by atoms with Gasteiger partial charge in [0.15, 0.2) is 0 Å². The Morgan fingerprint density at radius 1 is 0.872 bits per heavy atom. The summed E-state index contributed by atoms with van der Waals surface area (Å²) in [5.74, 6) is -0.979. The van der Waals surface area contributed by atoms with Crippen LogP contribution in [-0.4, -0.2) is 43.8 Å². The van der Waals surface area contributed by atoms with Crippen molar-refractivity contribution in [3.63, 3.8) is 0 Å². The fraction of sp³-hybridized carbons (Fsp3) is 0.286. The maximum absolute atomic E-state index is 13.9. The van der Waals surface area contributed by atoms with Crippen LogP contribution in [0.1, 0.15) is 31.9 Å². The first-order valence-corrected chi connectivity index (χ1v) is 14.7. The minimum atomic E-state index is -4.23. The van der Waals surface area contributed by atoms with Crippen molar-refractivity contribution < 1.29 is 18.0 Å². The lowest BCUT2D eigenvalue weighted by atomic mass is 10.1. The minimum absolute atomic E-state index is 0.0102. The molecule has 0 aromatic heterocycles. The molecular formula is C28H30Cl3N3O4S. The highest BCUT2D eigenvalue weighted by molar-refractivity contribution is 7.92. The van der Waals surface area contributed by atoms with Gasteiger partial charge in [0, 0.05) is 27.7 Å². The van der Waals surface area contributed by atoms with Crippen LogP contribution >= 0.6 is 34.8 Å². The molecule has 0 saturated carbocycles. The van der Waals surface area contributed by atoms with Crippen molar-refractivity contribution in [1.82, 2.24) is 10.2 Å². The monoisotopic (exact) mass is 609 g/mol. The molecule has 0 heterocycles. The highest BCUT2D eigenvalue weighted by Crippen LogP contribution is 2.30. The summed E-state index contributed by atoms with van der Waals surface area (Å²) in [5, 5.41) is 3.69. The lowest BCUT2D eigenvalue weighted by Gasteiger charge is -2.32. The topological polar surface area (TPSA) is 86.8 Å². The minimum Gasteiger partial charge on any atom is -0.352 e. The average Bonchev–Trinajstić information content (AvgIpc) is 2.84. The van der Waals surface area contributed by atoms with Gasteiger partial charge in [-0.3, -0.25) is 13.9 Å². The Morgan fingerprint density at radius 3 is 2.05 bits per heavy atom. The van der Waals surface area contributed by atoms with Gasteiger partial charge >= 0.3 is 0 Å². The third-order valence-electron chi connectivity index (χ3n) is 5.86. The van der Waals surface area contributed by atoms with Crippen LogP contribution in [0.15, 0.2) is 71.6 Å². The first kappa shape index (κ1) is 30.8. The third kappa shape index (κ3) is 8.11. The zero-order valence-electron chi connectivity index (χ0n) is 22.0. The van der Waals surface area contributed by atoms with E-state index in [2.05, 4.69) is 5.32 Å². The van der Waals surface area contributed by atoms with E-state index >= 15 is 0 Å². The second kappa shape index (κ2) is 13.0. The molecule has 1 atom stereocenters. The Bertz CT molecular complexity index is 1430. The Kier molecular flexibility index (Phi) is 10.3. The summed E-state index contributed by atoms with van der Waals surface area (Å²) in [6, 6.07) is 16.4. The Balaban J connectivity index is 2.07. The second-order valence-corrected chi connectivity index (χ2v) is 12.6. The molecular weight excluding hydrogens is 581 g/mol. The molecule has 39 heavy (non-hydrogen) atoms. The van der Waals surface area contributed by atoms with E-state index in [0.29, 0.717) is 10.6 Å². The number of hydrogen-bond donors (Lipinski definition) is 1. The van der Waals surface area contributed by atoms with Crippen molar-refractivity contribution in [2.45, 2.75) is 51.2 Å². The number of halogens is 3. The van der Waals surface area contributed by atoms with Crippen molar-refractivity contribution in [3.8, 4) is 0 Å². The highest BCUT2D eigenvalue weighted by Gasteiger charge is 2.33. The van der Waals surface area contributed by atoms with Crippen molar-refractivity contribution >= 4 is 62.3 Å². The van der Waals surface area contributed by atoms with Crippen LogP contribution < -0.4 is 9.62 Å². The predicted octanol–water partition coefficient (Wildman–Crippen LogP) is 6.09. The zero-order chi connectivity index (χ0) is 28.9. The molecule has 0 aliphatic rings. The fourth-order valence-corrected chi connectivity index (χ4v) is 5.99. The third-order valence-corrected chi connectivity index (χ3v) is 8.32. The Labute approximate surface area is 244 Å². The molecule has 1 N–H and O–H groups in total. The van der Waals surface area contributed by atoms with Gasteiger partial charge in [0.1, 0.15) is 12.6 Å². The molecule has 3 rings (SSSR count). The maximum atomic E-state index is 13.9. The fourth-order valence-electron chi connectivity index (χ4n) is 3.87. The maximum Gasteiger partial charge on any atom is 0.264 e. The van der Waals surface area contributed by atoms with Crippen LogP contribution in [0.4, 0.5) is 5.69 Å². The number of hydrogen-bond acceptors (Lipinski definition) is 4. The van der Waals surface area contributed by atoms with Crippen LogP contribution in [-0.2, 0) is 26.2 Å². The second-order valence-electron chi connectivity index (χ2n) is 9.44. The number of benzene rings is 3. The SMILES string of the molecule is Cc1ccc(S(=O)(=O)N(CC(=O)N(Cc2cccc(Cl)c2)[C@H](C)C(=O)NC(C)C)c2cc(Cl)cc(Cl)c2)cc1. The lowest BCUT2D eigenvalue weighted by molar-refractivity contribution is -0.139. The van der Waals surface area contributed by atoms with E-state index in [1.54, 1.807) is 43.3 Å². The highest BCUT2D eigenvalue weighted by atomic mass is 35.5. The smallest absolute Gasteiger partial charge is 0.264 e. The quantitative estimate of drug-likeness (QED) is 0.301. The van der Waals surface area contributed by atoms with Crippen molar-refractivity contribution in [1.29, 1.82) is 0 Å². The summed E-state index contributed by atoms with van der Waals surface area (Å²) in [5.41, 5.74) is 1.67. The number of carbonyl (C=O) groups excluding carboxylic acids is 2. The average molecular weight is 611 g/mol. The number of nitrogens with one attached hydrogen (secondary N) is 1. The van der Waals surface area contributed by atoms with Gasteiger partial charge < -0.3 is 10.2 Å². The van der Waals surface area contributed by atoms with Gasteiger partial charge in [-0.15, -0.1) is 0 Å². The van der Waals surface area contributed by atoms with E-state index in [0.717, 1.165) is 9.87 Å². The van der Waals surface area contributed by atoms with E-state index < -0.39 is 28.5 Å². The van der Waals surface area contributed by atoms with Crippen molar-refractivity contribution in [2.24, 2.45) is 0 Å². The molecule has 2 amide bonds. The first-order valence-electron chi connectivity index (χ1n) is 12.2. The molecule has 3 aromatic rings. The molecule has 0 spiro atoms. The molecule has 0 unspecified atom stereocenters. The van der Waals surface area contributed by atoms with Crippen LogP contribution in [0.2, 0.25) is 15.1 Å². The molecule has 0 bridgehead atoms. The van der Waals surface area contributed by atoms with Crippen molar-refractivity contribution in [3.05, 3.63) is 92.9 Å². The Morgan fingerprint density at radius 2 is 1.49 bits per heavy atom. The predicted molar refractivity (Wildman–Crippen MR) is 157 cm³/mol. The van der Waals surface area contributed by atoms with Gasteiger partial charge in [-0.2, -0.15) is 0 Å². The molecule has 0 aliphatic heterocycles. The number of amides is 2. The normalized spacial score (nSPS) is 12.2. The van der Waals surface area contributed by atoms with Gasteiger partial charge in [-0.1, -0.05) is 64.6 Å². The van der Waals surface area contributed by atoms with E-state index in [4.69, 9.17) is 34.8 Å². The van der Waals surface area contributed by atoms with Gasteiger partial charge in [-0.05, 0) is 75.7 Å². The number of anilines is 1. The van der Waals surface area contributed by atoms with Gasteiger partial charge in [-0.25, -0.2) is 8.42 Å². The van der Waals surface area contributed by atoms with Gasteiger partial charge in [0.2, 0.25) is 11.8 Å². The number of aryl methyl sites for hydroxylation is 1. The summed E-state index contributed by atoms with van der Waals surface area (Å²) in [4.78, 5) is 28.2. The van der Waals surface area contributed by atoms with Crippen LogP contribution in [0, 0.1) is 6.92 Å². The van der Waals surface area contributed by atoms with Crippen LogP contribution in [0.25, 0.3) is 0 Å². The molecule has 7 nitrogen and oxygen atoms in total. The lowest BCUT2D eigenvalue weighted by Crippen LogP contribution is -2.52. The van der Waals surface area contributed by atoms with Gasteiger partial charge in [0.25, 0.3) is 10.0 Å². The molecule has 3 aromatic carbocycles.